The number of H-pyrrole nitrogens is 1. The number of fused-ring (bicyclic) bond motifs is 1. The third-order valence-electron chi connectivity index (χ3n) is 4.73. The maximum absolute atomic E-state index is 12.8. The summed E-state index contributed by atoms with van der Waals surface area (Å²) in [4.78, 5) is 22.6. The zero-order chi connectivity index (χ0) is 17.8. The van der Waals surface area contributed by atoms with E-state index in [1.54, 1.807) is 12.4 Å². The van der Waals surface area contributed by atoms with Gasteiger partial charge in [0.1, 0.15) is 0 Å². The Bertz CT molecular complexity index is 887. The van der Waals surface area contributed by atoms with Gasteiger partial charge in [-0.3, -0.25) is 14.7 Å². The van der Waals surface area contributed by atoms with Crippen molar-refractivity contribution in [2.45, 2.75) is 13.1 Å². The number of nitrogens with zero attached hydrogens (tertiary/aromatic N) is 2. The Morgan fingerprint density at radius 2 is 2.00 bits per heavy atom. The lowest BCUT2D eigenvalue weighted by Gasteiger charge is -2.26. The number of aromatic amines is 1. The highest BCUT2D eigenvalue weighted by Gasteiger charge is 2.17. The first kappa shape index (κ1) is 17.1. The minimum Gasteiger partial charge on any atom is -0.361 e. The molecule has 26 heavy (non-hydrogen) atoms. The fourth-order valence-electron chi connectivity index (χ4n) is 3.35. The number of benzene rings is 1. The summed E-state index contributed by atoms with van der Waals surface area (Å²) in [6.45, 7) is 3.59. The number of thioether (sulfide) groups is 1. The van der Waals surface area contributed by atoms with E-state index in [4.69, 9.17) is 0 Å². The van der Waals surface area contributed by atoms with Crippen molar-refractivity contribution in [2.24, 2.45) is 0 Å². The van der Waals surface area contributed by atoms with Crippen molar-refractivity contribution in [1.29, 1.82) is 0 Å². The second-order valence-corrected chi connectivity index (χ2v) is 7.69. The molecule has 0 saturated carbocycles. The van der Waals surface area contributed by atoms with Crippen LogP contribution in [0.1, 0.15) is 21.5 Å². The third kappa shape index (κ3) is 3.76. The normalized spacial score (nSPS) is 15.2. The number of hydrogen-bond donors (Lipinski definition) is 2. The number of amides is 1. The smallest absolute Gasteiger partial charge is 0.252 e. The molecule has 3 heterocycles. The lowest BCUT2D eigenvalue weighted by atomic mass is 10.0. The van der Waals surface area contributed by atoms with Gasteiger partial charge in [0.05, 0.1) is 0 Å². The predicted octanol–water partition coefficient (Wildman–Crippen LogP) is 3.04. The van der Waals surface area contributed by atoms with Gasteiger partial charge < -0.3 is 10.3 Å². The van der Waals surface area contributed by atoms with Crippen LogP contribution in [0.25, 0.3) is 10.9 Å². The highest BCUT2D eigenvalue weighted by atomic mass is 32.2. The van der Waals surface area contributed by atoms with E-state index in [1.165, 1.54) is 17.1 Å². The van der Waals surface area contributed by atoms with Gasteiger partial charge in [-0.05, 0) is 35.4 Å². The number of nitrogens with one attached hydrogen (secondary N) is 2. The molecule has 1 amide bonds. The predicted molar refractivity (Wildman–Crippen MR) is 106 cm³/mol. The second-order valence-electron chi connectivity index (χ2n) is 6.47. The van der Waals surface area contributed by atoms with Crippen molar-refractivity contribution in [3.8, 4) is 0 Å². The topological polar surface area (TPSA) is 61.0 Å². The Balaban J connectivity index is 1.55. The molecule has 0 radical (unpaired) electrons. The highest BCUT2D eigenvalue weighted by Crippen LogP contribution is 2.25. The molecule has 134 valence electrons. The molecule has 1 aliphatic heterocycles. The van der Waals surface area contributed by atoms with Crippen LogP contribution in [0.2, 0.25) is 0 Å². The van der Waals surface area contributed by atoms with Crippen LogP contribution < -0.4 is 5.32 Å². The molecule has 1 aromatic carbocycles. The summed E-state index contributed by atoms with van der Waals surface area (Å²) in [5.41, 5.74) is 3.99. The summed E-state index contributed by atoms with van der Waals surface area (Å²) in [7, 11) is 0. The Morgan fingerprint density at radius 3 is 2.81 bits per heavy atom. The first-order chi connectivity index (χ1) is 12.8. The molecule has 0 bridgehead atoms. The molecule has 1 aliphatic rings. The van der Waals surface area contributed by atoms with Gasteiger partial charge in [-0.2, -0.15) is 11.8 Å². The van der Waals surface area contributed by atoms with Crippen LogP contribution in [0.15, 0.2) is 48.9 Å². The summed E-state index contributed by atoms with van der Waals surface area (Å²) >= 11 is 2.01. The van der Waals surface area contributed by atoms with Gasteiger partial charge in [0.15, 0.2) is 0 Å². The number of carbonyl (C=O) groups excluding carboxylic acids is 1. The van der Waals surface area contributed by atoms with E-state index < -0.39 is 0 Å². The molecule has 1 saturated heterocycles. The van der Waals surface area contributed by atoms with E-state index in [0.29, 0.717) is 6.54 Å². The van der Waals surface area contributed by atoms with Crippen molar-refractivity contribution in [3.05, 3.63) is 65.6 Å². The Hall–Kier alpha value is -2.31. The zero-order valence-electron chi connectivity index (χ0n) is 14.6. The minimum atomic E-state index is -0.0394. The van der Waals surface area contributed by atoms with Crippen LogP contribution >= 0.6 is 11.8 Å². The SMILES string of the molecule is O=C(NCc1ccncc1)c1cccc2[nH]cc(CN3CCSCC3)c12. The van der Waals surface area contributed by atoms with E-state index in [-0.39, 0.29) is 5.91 Å². The second kappa shape index (κ2) is 7.93. The van der Waals surface area contributed by atoms with Gasteiger partial charge in [-0.25, -0.2) is 0 Å². The first-order valence-corrected chi connectivity index (χ1v) is 10.0. The number of hydrogen-bond acceptors (Lipinski definition) is 4. The monoisotopic (exact) mass is 366 g/mol. The summed E-state index contributed by atoms with van der Waals surface area (Å²) in [5, 5.41) is 4.07. The first-order valence-electron chi connectivity index (χ1n) is 8.87. The van der Waals surface area contributed by atoms with Crippen LogP contribution in [-0.4, -0.2) is 45.4 Å². The van der Waals surface area contributed by atoms with Gasteiger partial charge in [0.2, 0.25) is 0 Å². The molecule has 6 heteroatoms. The molecule has 1 fully saturated rings. The molecule has 0 aliphatic carbocycles. The van der Waals surface area contributed by atoms with Crippen LogP contribution in [0.5, 0.6) is 0 Å². The van der Waals surface area contributed by atoms with Crippen molar-refractivity contribution < 1.29 is 4.79 Å². The summed E-state index contributed by atoms with van der Waals surface area (Å²) in [6, 6.07) is 9.70. The van der Waals surface area contributed by atoms with Crippen molar-refractivity contribution in [1.82, 2.24) is 20.2 Å². The number of aromatic nitrogens is 2. The standard InChI is InChI=1S/C20H22N4OS/c25-20(23-12-15-4-6-21-7-5-15)17-2-1-3-18-19(17)16(13-22-18)14-24-8-10-26-11-9-24/h1-7,13,22H,8-12,14H2,(H,23,25). The molecule has 0 spiro atoms. The summed E-state index contributed by atoms with van der Waals surface area (Å²) < 4.78 is 0. The molecule has 2 N–H and O–H groups in total. The average molecular weight is 366 g/mol. The molecular weight excluding hydrogens is 344 g/mol. The molecule has 3 aromatic rings. The van der Waals surface area contributed by atoms with Gasteiger partial charge in [-0.15, -0.1) is 0 Å². The van der Waals surface area contributed by atoms with E-state index in [0.717, 1.165) is 41.7 Å². The Labute approximate surface area is 157 Å². The molecule has 2 aromatic heterocycles. The van der Waals surface area contributed by atoms with E-state index >= 15 is 0 Å². The Kier molecular flexibility index (Phi) is 5.22. The lowest BCUT2D eigenvalue weighted by Crippen LogP contribution is -2.32. The number of rotatable bonds is 5. The summed E-state index contributed by atoms with van der Waals surface area (Å²) in [5.74, 6) is 2.32. The molecular formula is C20H22N4OS. The quantitative estimate of drug-likeness (QED) is 0.729. The largest absolute Gasteiger partial charge is 0.361 e. The van der Waals surface area contributed by atoms with Gasteiger partial charge in [-0.1, -0.05) is 6.07 Å². The maximum Gasteiger partial charge on any atom is 0.252 e. The molecule has 0 atom stereocenters. The fourth-order valence-corrected chi connectivity index (χ4v) is 4.33. The van der Waals surface area contributed by atoms with Crippen LogP contribution in [0, 0.1) is 0 Å². The average Bonchev–Trinajstić information content (AvgIpc) is 3.11. The van der Waals surface area contributed by atoms with Crippen LogP contribution in [0.4, 0.5) is 0 Å². The van der Waals surface area contributed by atoms with Crippen LogP contribution in [-0.2, 0) is 13.1 Å². The third-order valence-corrected chi connectivity index (χ3v) is 5.67. The molecule has 0 unspecified atom stereocenters. The molecule has 5 nitrogen and oxygen atoms in total. The van der Waals surface area contributed by atoms with Crippen molar-refractivity contribution in [2.75, 3.05) is 24.6 Å². The maximum atomic E-state index is 12.8. The zero-order valence-corrected chi connectivity index (χ0v) is 15.4. The lowest BCUT2D eigenvalue weighted by molar-refractivity contribution is 0.0952. The molecule has 4 rings (SSSR count). The van der Waals surface area contributed by atoms with Gasteiger partial charge in [0, 0.05) is 72.7 Å². The Morgan fingerprint density at radius 1 is 1.19 bits per heavy atom. The fraction of sp³-hybridized carbons (Fsp3) is 0.300. The van der Waals surface area contributed by atoms with Gasteiger partial charge in [0.25, 0.3) is 5.91 Å². The van der Waals surface area contributed by atoms with Crippen LogP contribution in [0.3, 0.4) is 0 Å². The van der Waals surface area contributed by atoms with Gasteiger partial charge >= 0.3 is 0 Å². The summed E-state index contributed by atoms with van der Waals surface area (Å²) in [6.07, 6.45) is 5.53. The minimum absolute atomic E-state index is 0.0394. The van der Waals surface area contributed by atoms with Crippen molar-refractivity contribution in [3.63, 3.8) is 0 Å². The highest BCUT2D eigenvalue weighted by molar-refractivity contribution is 7.99. The van der Waals surface area contributed by atoms with E-state index in [1.807, 2.05) is 48.3 Å². The van der Waals surface area contributed by atoms with E-state index in [9.17, 15) is 4.79 Å². The number of pyridine rings is 1. The van der Waals surface area contributed by atoms with E-state index in [2.05, 4.69) is 20.2 Å². The van der Waals surface area contributed by atoms with Crippen molar-refractivity contribution >= 4 is 28.6 Å². The number of carbonyl (C=O) groups is 1.